The second kappa shape index (κ2) is 6.51. The van der Waals surface area contributed by atoms with Crippen molar-refractivity contribution >= 4 is 27.5 Å². The normalized spacial score (nSPS) is 14.4. The Morgan fingerprint density at radius 2 is 1.36 bits per heavy atom. The smallest absolute Gasteiger partial charge is 0.309 e. The van der Waals surface area contributed by atoms with Crippen LogP contribution in [0.1, 0.15) is 46.3 Å². The second-order valence-electron chi connectivity index (χ2n) is 7.90. The molecule has 2 unspecified atom stereocenters. The van der Waals surface area contributed by atoms with Crippen LogP contribution in [-0.4, -0.2) is 5.97 Å². The van der Waals surface area contributed by atoms with Crippen molar-refractivity contribution < 1.29 is 9.53 Å². The maximum atomic E-state index is 12.6. The van der Waals surface area contributed by atoms with Crippen molar-refractivity contribution in [3.8, 4) is 0 Å². The van der Waals surface area contributed by atoms with Gasteiger partial charge in [-0.3, -0.25) is 4.79 Å². The Kier molecular flexibility index (Phi) is 4.55. The van der Waals surface area contributed by atoms with Crippen molar-refractivity contribution in [3.05, 3.63) is 60.2 Å². The van der Waals surface area contributed by atoms with Crippen molar-refractivity contribution in [2.75, 3.05) is 0 Å². The minimum absolute atomic E-state index is 0.113. The first-order chi connectivity index (χ1) is 11.8. The van der Waals surface area contributed by atoms with E-state index in [-0.39, 0.29) is 23.4 Å². The minimum Gasteiger partial charge on any atom is -0.458 e. The van der Waals surface area contributed by atoms with Gasteiger partial charge in [0.1, 0.15) is 6.10 Å². The lowest BCUT2D eigenvalue weighted by molar-refractivity contribution is -0.156. The SMILES string of the molecule is CC(OC(=O)C(C)C(C)(C)C)c1c2ccccc2cc2ccccc12. The number of hydrogen-bond donors (Lipinski definition) is 0. The summed E-state index contributed by atoms with van der Waals surface area (Å²) in [6.07, 6.45) is -0.298. The summed E-state index contributed by atoms with van der Waals surface area (Å²) >= 11 is 0. The van der Waals surface area contributed by atoms with Crippen LogP contribution in [0.25, 0.3) is 21.5 Å². The molecule has 0 aromatic heterocycles. The highest BCUT2D eigenvalue weighted by Gasteiger charge is 2.30. The maximum Gasteiger partial charge on any atom is 0.309 e. The van der Waals surface area contributed by atoms with Crippen LogP contribution in [0.15, 0.2) is 54.6 Å². The molecule has 0 heterocycles. The molecule has 3 aromatic carbocycles. The van der Waals surface area contributed by atoms with Gasteiger partial charge in [0, 0.05) is 5.56 Å². The van der Waals surface area contributed by atoms with E-state index in [1.54, 1.807) is 0 Å². The standard InChI is InChI=1S/C23H26O2/c1-15(23(3,4)5)22(24)25-16(2)21-19-12-8-6-10-17(19)14-18-11-7-9-13-20(18)21/h6-16H,1-5H3. The molecule has 0 aliphatic heterocycles. The molecule has 3 rings (SSSR count). The average molecular weight is 334 g/mol. The Hall–Kier alpha value is -2.35. The number of esters is 1. The lowest BCUT2D eigenvalue weighted by Crippen LogP contribution is -2.28. The van der Waals surface area contributed by atoms with Crippen molar-refractivity contribution in [1.82, 2.24) is 0 Å². The molecule has 0 spiro atoms. The first kappa shape index (κ1) is 17.5. The number of hydrogen-bond acceptors (Lipinski definition) is 2. The van der Waals surface area contributed by atoms with Crippen LogP contribution >= 0.6 is 0 Å². The number of ether oxygens (including phenoxy) is 1. The third-order valence-corrected chi connectivity index (χ3v) is 5.16. The Morgan fingerprint density at radius 3 is 1.84 bits per heavy atom. The minimum atomic E-state index is -0.298. The van der Waals surface area contributed by atoms with Gasteiger partial charge in [0.05, 0.1) is 5.92 Å². The molecule has 0 aliphatic carbocycles. The van der Waals surface area contributed by atoms with Gasteiger partial charge in [-0.25, -0.2) is 0 Å². The van der Waals surface area contributed by atoms with Crippen molar-refractivity contribution in [2.24, 2.45) is 11.3 Å². The highest BCUT2D eigenvalue weighted by molar-refractivity contribution is 6.02. The van der Waals surface area contributed by atoms with Gasteiger partial charge in [-0.1, -0.05) is 76.2 Å². The fourth-order valence-electron chi connectivity index (χ4n) is 3.18. The number of benzene rings is 3. The Bertz CT molecular complexity index is 864. The topological polar surface area (TPSA) is 26.3 Å². The van der Waals surface area contributed by atoms with Gasteiger partial charge in [0.15, 0.2) is 0 Å². The van der Waals surface area contributed by atoms with E-state index in [4.69, 9.17) is 4.74 Å². The molecular formula is C23H26O2. The van der Waals surface area contributed by atoms with Crippen LogP contribution in [0.3, 0.4) is 0 Å². The highest BCUT2D eigenvalue weighted by Crippen LogP contribution is 2.35. The fraction of sp³-hybridized carbons (Fsp3) is 0.348. The molecule has 0 N–H and O–H groups in total. The zero-order valence-electron chi connectivity index (χ0n) is 15.7. The van der Waals surface area contributed by atoms with Crippen molar-refractivity contribution in [2.45, 2.75) is 40.7 Å². The largest absolute Gasteiger partial charge is 0.458 e. The summed E-state index contributed by atoms with van der Waals surface area (Å²) in [4.78, 5) is 12.6. The monoisotopic (exact) mass is 334 g/mol. The quantitative estimate of drug-likeness (QED) is 0.416. The van der Waals surface area contributed by atoms with Gasteiger partial charge >= 0.3 is 5.97 Å². The predicted octanol–water partition coefficient (Wildman–Crippen LogP) is 6.28. The summed E-state index contributed by atoms with van der Waals surface area (Å²) in [5.74, 6) is -0.298. The third-order valence-electron chi connectivity index (χ3n) is 5.16. The zero-order chi connectivity index (χ0) is 18.2. The van der Waals surface area contributed by atoms with Crippen LogP contribution in [0.5, 0.6) is 0 Å². The average Bonchev–Trinajstić information content (AvgIpc) is 2.57. The van der Waals surface area contributed by atoms with Gasteiger partial charge in [0.25, 0.3) is 0 Å². The molecule has 0 saturated heterocycles. The molecule has 3 aromatic rings. The summed E-state index contributed by atoms with van der Waals surface area (Å²) < 4.78 is 5.90. The first-order valence-corrected chi connectivity index (χ1v) is 8.90. The Morgan fingerprint density at radius 1 is 0.880 bits per heavy atom. The molecule has 0 saturated carbocycles. The maximum absolute atomic E-state index is 12.6. The molecule has 0 radical (unpaired) electrons. The van der Waals surface area contributed by atoms with Gasteiger partial charge in [-0.2, -0.15) is 0 Å². The van der Waals surface area contributed by atoms with E-state index < -0.39 is 0 Å². The zero-order valence-corrected chi connectivity index (χ0v) is 15.7. The van der Waals surface area contributed by atoms with Crippen LogP contribution in [-0.2, 0) is 9.53 Å². The van der Waals surface area contributed by atoms with Crippen molar-refractivity contribution in [1.29, 1.82) is 0 Å². The van der Waals surface area contributed by atoms with Crippen LogP contribution in [0.4, 0.5) is 0 Å². The second-order valence-corrected chi connectivity index (χ2v) is 7.90. The Balaban J connectivity index is 2.08. The van der Waals surface area contributed by atoms with Crippen LogP contribution in [0.2, 0.25) is 0 Å². The lowest BCUT2D eigenvalue weighted by Gasteiger charge is -2.27. The van der Waals surface area contributed by atoms with E-state index in [2.05, 4.69) is 51.1 Å². The van der Waals surface area contributed by atoms with Crippen LogP contribution < -0.4 is 0 Å². The molecule has 0 bridgehead atoms. The molecule has 2 heteroatoms. The number of carbonyl (C=O) groups is 1. The fourth-order valence-corrected chi connectivity index (χ4v) is 3.18. The van der Waals surface area contributed by atoms with E-state index in [0.29, 0.717) is 0 Å². The first-order valence-electron chi connectivity index (χ1n) is 8.90. The predicted molar refractivity (Wildman–Crippen MR) is 105 cm³/mol. The van der Waals surface area contributed by atoms with Gasteiger partial charge < -0.3 is 4.74 Å². The summed E-state index contributed by atoms with van der Waals surface area (Å²) in [6.45, 7) is 10.1. The summed E-state index contributed by atoms with van der Waals surface area (Å²) in [5, 5.41) is 4.63. The summed E-state index contributed by atoms with van der Waals surface area (Å²) in [5.41, 5.74) is 0.973. The van der Waals surface area contributed by atoms with E-state index in [1.165, 1.54) is 10.8 Å². The molecule has 0 fully saturated rings. The molecular weight excluding hydrogens is 308 g/mol. The van der Waals surface area contributed by atoms with Gasteiger partial charge in [0.2, 0.25) is 0 Å². The van der Waals surface area contributed by atoms with Crippen molar-refractivity contribution in [3.63, 3.8) is 0 Å². The molecule has 130 valence electrons. The van der Waals surface area contributed by atoms with E-state index in [9.17, 15) is 4.79 Å². The highest BCUT2D eigenvalue weighted by atomic mass is 16.5. The van der Waals surface area contributed by atoms with E-state index in [1.807, 2.05) is 38.1 Å². The number of fused-ring (bicyclic) bond motifs is 2. The summed E-state index contributed by atoms with van der Waals surface area (Å²) in [7, 11) is 0. The van der Waals surface area contributed by atoms with Crippen LogP contribution in [0, 0.1) is 11.3 Å². The van der Waals surface area contributed by atoms with Gasteiger partial charge in [-0.05, 0) is 39.9 Å². The lowest BCUT2D eigenvalue weighted by atomic mass is 9.82. The number of carbonyl (C=O) groups excluding carboxylic acids is 1. The van der Waals surface area contributed by atoms with Gasteiger partial charge in [-0.15, -0.1) is 0 Å². The molecule has 2 nitrogen and oxygen atoms in total. The van der Waals surface area contributed by atoms with E-state index >= 15 is 0 Å². The molecule has 2 atom stereocenters. The summed E-state index contributed by atoms with van der Waals surface area (Å²) in [6, 6.07) is 18.8. The molecule has 25 heavy (non-hydrogen) atoms. The van der Waals surface area contributed by atoms with E-state index in [0.717, 1.165) is 16.3 Å². The molecule has 0 aliphatic rings. The Labute approximate surface area is 149 Å². The molecule has 0 amide bonds. The third kappa shape index (κ3) is 3.39. The number of rotatable bonds is 3.